The van der Waals surface area contributed by atoms with Crippen molar-refractivity contribution in [3.63, 3.8) is 0 Å². The van der Waals surface area contributed by atoms with E-state index in [1.807, 2.05) is 24.3 Å². The third-order valence-corrected chi connectivity index (χ3v) is 11.5. The average Bonchev–Trinajstić information content (AvgIpc) is 3.77. The number of benzene rings is 1. The van der Waals surface area contributed by atoms with Gasteiger partial charge in [0.15, 0.2) is 6.61 Å². The molecule has 0 unspecified atom stereocenters. The Hall–Kier alpha value is -2.30. The number of carboxylic acids is 1. The van der Waals surface area contributed by atoms with Crippen molar-refractivity contribution in [2.24, 2.45) is 0 Å². The summed E-state index contributed by atoms with van der Waals surface area (Å²) in [4.78, 5) is 24.5. The first-order valence-electron chi connectivity index (χ1n) is 12.3. The number of hydrogen-bond donors (Lipinski definition) is 2. The Bertz CT molecular complexity index is 1910. The highest BCUT2D eigenvalue weighted by Crippen LogP contribution is 2.40. The summed E-state index contributed by atoms with van der Waals surface area (Å²) in [5, 5.41) is 8.95. The molecule has 5 heterocycles. The van der Waals surface area contributed by atoms with Gasteiger partial charge in [-0.15, -0.1) is 11.3 Å². The monoisotopic (exact) mass is 883 g/mol. The Morgan fingerprint density at radius 1 is 0.875 bits per heavy atom. The minimum Gasteiger partial charge on any atom is -0.482 e. The van der Waals surface area contributed by atoms with E-state index < -0.39 is 5.97 Å². The number of aromatic amines is 1. The number of H-pyrrole nitrogens is 1. The first-order chi connectivity index (χ1) is 19.3. The highest BCUT2D eigenvalue weighted by molar-refractivity contribution is 14.1. The Labute approximate surface area is 275 Å². The lowest BCUT2D eigenvalue weighted by Crippen LogP contribution is -2.09. The van der Waals surface area contributed by atoms with Crippen LogP contribution in [-0.2, 0) is 11.2 Å². The summed E-state index contributed by atoms with van der Waals surface area (Å²) in [5.74, 6) is -0.482. The minimum absolute atomic E-state index is 0.372. The van der Waals surface area contributed by atoms with Crippen LogP contribution < -0.4 is 4.74 Å². The maximum Gasteiger partial charge on any atom is 0.341 e. The molecule has 2 aliphatic rings. The standard InChI is InChI=1S/C30H20I3N3O3S/c1-2-17-19-7-8-20(34-19)27(31)21-9-10-22(35-21)28(32)23-11-12-24(36-23)29(33)30-18(13-25(17)40-30)15-3-5-16(6-4-15)39-14-26(37)38/h3-13,35H,2,14H2,1H3,(H,37,38). The Morgan fingerprint density at radius 2 is 1.45 bits per heavy atom. The molecular formula is C30H20I3N3O3S. The number of aryl methyl sites for hydroxylation is 1. The van der Waals surface area contributed by atoms with Gasteiger partial charge in [0, 0.05) is 10.3 Å². The molecule has 40 heavy (non-hydrogen) atoms. The zero-order chi connectivity index (χ0) is 28.0. The summed E-state index contributed by atoms with van der Waals surface area (Å²) >= 11 is 8.89. The number of carbonyl (C=O) groups is 1. The number of thiophene rings is 1. The highest BCUT2D eigenvalue weighted by Gasteiger charge is 2.17. The smallest absolute Gasteiger partial charge is 0.341 e. The van der Waals surface area contributed by atoms with E-state index >= 15 is 0 Å². The van der Waals surface area contributed by atoms with E-state index in [4.69, 9.17) is 19.8 Å². The lowest BCUT2D eigenvalue weighted by Gasteiger charge is -2.05. The second-order valence-corrected chi connectivity index (χ2v) is 13.3. The molecule has 0 fully saturated rings. The first kappa shape index (κ1) is 27.8. The molecule has 6 rings (SSSR count). The number of aromatic nitrogens is 3. The lowest BCUT2D eigenvalue weighted by atomic mass is 10.1. The van der Waals surface area contributed by atoms with Gasteiger partial charge in [-0.2, -0.15) is 0 Å². The third-order valence-electron chi connectivity index (χ3n) is 6.53. The molecule has 2 N–H and O–H groups in total. The second kappa shape index (κ2) is 11.5. The molecular weight excluding hydrogens is 863 g/mol. The van der Waals surface area contributed by atoms with E-state index in [1.165, 1.54) is 5.56 Å². The normalized spacial score (nSPS) is 12.2. The fourth-order valence-corrected chi connectivity index (χ4v) is 7.98. The maximum absolute atomic E-state index is 10.9. The van der Waals surface area contributed by atoms with Gasteiger partial charge in [0.05, 0.1) is 49.2 Å². The van der Waals surface area contributed by atoms with Gasteiger partial charge < -0.3 is 14.8 Å². The van der Waals surface area contributed by atoms with Gasteiger partial charge in [0.2, 0.25) is 0 Å². The number of rotatable bonds is 5. The molecule has 4 aromatic rings. The van der Waals surface area contributed by atoms with E-state index in [1.54, 1.807) is 11.3 Å². The number of hydrogen-bond acceptors (Lipinski definition) is 5. The van der Waals surface area contributed by atoms with Crippen molar-refractivity contribution in [3.05, 3.63) is 81.5 Å². The van der Waals surface area contributed by atoms with Crippen molar-refractivity contribution in [1.29, 1.82) is 0 Å². The van der Waals surface area contributed by atoms with Crippen LogP contribution in [0.3, 0.4) is 0 Å². The molecule has 6 nitrogen and oxygen atoms in total. The molecule has 0 atom stereocenters. The third kappa shape index (κ3) is 5.34. The van der Waals surface area contributed by atoms with Crippen LogP contribution in [0.4, 0.5) is 0 Å². The SMILES string of the molecule is CCc1c2nc(c(I)c3ccc([nH]3)c(I)c3nc(c(I)c4sc1cc4-c1ccc(OCC(=O)O)cc1)C=C3)C=C2. The molecule has 0 aliphatic carbocycles. The zero-order valence-electron chi connectivity index (χ0n) is 21.0. The maximum atomic E-state index is 10.9. The van der Waals surface area contributed by atoms with Crippen LogP contribution >= 0.6 is 79.1 Å². The Morgan fingerprint density at radius 3 is 2.05 bits per heavy atom. The average molecular weight is 883 g/mol. The van der Waals surface area contributed by atoms with Gasteiger partial charge in [-0.3, -0.25) is 0 Å². The lowest BCUT2D eigenvalue weighted by molar-refractivity contribution is -0.139. The van der Waals surface area contributed by atoms with Crippen molar-refractivity contribution in [1.82, 2.24) is 15.0 Å². The van der Waals surface area contributed by atoms with E-state index in [9.17, 15) is 4.79 Å². The van der Waals surface area contributed by atoms with Crippen LogP contribution in [0, 0.1) is 10.7 Å². The van der Waals surface area contributed by atoms with Gasteiger partial charge in [0.25, 0.3) is 0 Å². The van der Waals surface area contributed by atoms with Crippen LogP contribution in [0.5, 0.6) is 5.75 Å². The molecule has 0 spiro atoms. The van der Waals surface area contributed by atoms with Gasteiger partial charge in [0.1, 0.15) is 5.75 Å². The first-order valence-corrected chi connectivity index (χ1v) is 16.4. The summed E-state index contributed by atoms with van der Waals surface area (Å²) in [6.45, 7) is 1.79. The summed E-state index contributed by atoms with van der Waals surface area (Å²) < 4.78 is 10.8. The molecule has 0 saturated carbocycles. The second-order valence-electron chi connectivity index (χ2n) is 9.05. The summed E-state index contributed by atoms with van der Waals surface area (Å²) in [6, 6.07) is 14.0. The van der Waals surface area contributed by atoms with Gasteiger partial charge >= 0.3 is 5.97 Å². The fourth-order valence-electron chi connectivity index (χ4n) is 4.58. The predicted octanol–water partition coefficient (Wildman–Crippen LogP) is 8.90. The number of fused-ring (bicyclic) bond motifs is 8. The van der Waals surface area contributed by atoms with Crippen LogP contribution in [0.15, 0.2) is 42.5 Å². The van der Waals surface area contributed by atoms with Gasteiger partial charge in [-0.1, -0.05) is 19.1 Å². The Kier molecular flexibility index (Phi) is 8.03. The number of nitrogens with zero attached hydrogens (tertiary/aromatic N) is 2. The highest BCUT2D eigenvalue weighted by atomic mass is 127. The number of ether oxygens (including phenoxy) is 1. The van der Waals surface area contributed by atoms with Crippen LogP contribution in [-0.4, -0.2) is 32.6 Å². The van der Waals surface area contributed by atoms with Crippen molar-refractivity contribution in [2.75, 3.05) is 6.61 Å². The Balaban J connectivity index is 1.67. The van der Waals surface area contributed by atoms with Crippen molar-refractivity contribution < 1.29 is 14.6 Å². The zero-order valence-corrected chi connectivity index (χ0v) is 28.3. The quantitative estimate of drug-likeness (QED) is 0.169. The number of halogens is 3. The van der Waals surface area contributed by atoms with Crippen molar-refractivity contribution >= 4 is 130 Å². The minimum atomic E-state index is -1.00. The van der Waals surface area contributed by atoms with E-state index in [2.05, 4.69) is 122 Å². The van der Waals surface area contributed by atoms with Crippen molar-refractivity contribution in [2.45, 2.75) is 13.3 Å². The summed E-state index contributed by atoms with van der Waals surface area (Å²) in [6.07, 6.45) is 9.18. The predicted molar refractivity (Wildman–Crippen MR) is 188 cm³/mol. The molecule has 3 aromatic heterocycles. The van der Waals surface area contributed by atoms with Crippen LogP contribution in [0.1, 0.15) is 35.3 Å². The number of aliphatic carboxylic acids is 1. The van der Waals surface area contributed by atoms with E-state index in [-0.39, 0.29) is 6.61 Å². The topological polar surface area (TPSA) is 88.1 Å². The molecule has 0 radical (unpaired) electrons. The number of nitrogens with one attached hydrogen (secondary N) is 1. The van der Waals surface area contributed by atoms with Gasteiger partial charge in [-0.05, 0) is 140 Å². The van der Waals surface area contributed by atoms with E-state index in [0.29, 0.717) is 5.75 Å². The van der Waals surface area contributed by atoms with Crippen LogP contribution in [0.25, 0.3) is 55.9 Å². The van der Waals surface area contributed by atoms with Crippen LogP contribution in [0.2, 0.25) is 0 Å². The number of carboxylic acid groups (broad SMARTS) is 1. The van der Waals surface area contributed by atoms with E-state index in [0.717, 1.165) is 71.5 Å². The summed E-state index contributed by atoms with van der Waals surface area (Å²) in [5.41, 5.74) is 9.13. The molecule has 0 amide bonds. The molecule has 10 heteroatoms. The largest absolute Gasteiger partial charge is 0.482 e. The van der Waals surface area contributed by atoms with Gasteiger partial charge in [-0.25, -0.2) is 14.8 Å². The molecule has 2 aliphatic heterocycles. The molecule has 1 aromatic carbocycles. The molecule has 200 valence electrons. The van der Waals surface area contributed by atoms with Crippen molar-refractivity contribution in [3.8, 4) is 16.9 Å². The molecule has 0 saturated heterocycles. The fraction of sp³-hybridized carbons (Fsp3) is 0.100. The molecule has 8 bridgehead atoms. The summed E-state index contributed by atoms with van der Waals surface area (Å²) in [7, 11) is 0.